The quantitative estimate of drug-likeness (QED) is 0.195. The zero-order chi connectivity index (χ0) is 22.3. The number of nitro benzene ring substituents is 1. The Balaban J connectivity index is 2.30. The highest BCUT2D eigenvalue weighted by Crippen LogP contribution is 2.41. The molecule has 0 bridgehead atoms. The van der Waals surface area contributed by atoms with E-state index in [2.05, 4.69) is 5.32 Å². The van der Waals surface area contributed by atoms with Crippen molar-refractivity contribution >= 4 is 11.6 Å². The summed E-state index contributed by atoms with van der Waals surface area (Å²) in [6, 6.07) is 3.62. The highest BCUT2D eigenvalue weighted by atomic mass is 16.6. The molecular weight excluding hydrogens is 392 g/mol. The van der Waals surface area contributed by atoms with Crippen molar-refractivity contribution in [2.24, 2.45) is 5.92 Å². The van der Waals surface area contributed by atoms with Crippen LogP contribution in [0.15, 0.2) is 36.2 Å². The molecule has 0 unspecified atom stereocenters. The van der Waals surface area contributed by atoms with E-state index >= 15 is 0 Å². The highest BCUT2D eigenvalue weighted by Gasteiger charge is 2.43. The van der Waals surface area contributed by atoms with E-state index in [1.165, 1.54) is 24.3 Å². The number of fused-ring (bicyclic) bond motifs is 1. The minimum absolute atomic E-state index is 0.0911. The third kappa shape index (κ3) is 6.06. The van der Waals surface area contributed by atoms with E-state index in [-0.39, 0.29) is 24.8 Å². The average Bonchev–Trinajstić information content (AvgIpc) is 2.68. The third-order valence-electron chi connectivity index (χ3n) is 4.50. The normalized spacial score (nSPS) is 20.0. The Morgan fingerprint density at radius 2 is 2.20 bits per heavy atom. The molecule has 9 nitrogen and oxygen atoms in total. The zero-order valence-corrected chi connectivity index (χ0v) is 17.6. The van der Waals surface area contributed by atoms with Crippen molar-refractivity contribution in [2.75, 3.05) is 19.8 Å². The van der Waals surface area contributed by atoms with E-state index in [0.717, 1.165) is 0 Å². The lowest BCUT2D eigenvalue weighted by molar-refractivity contribution is -0.385. The molecule has 0 spiro atoms. The van der Waals surface area contributed by atoms with Crippen LogP contribution in [-0.2, 0) is 14.3 Å². The van der Waals surface area contributed by atoms with Crippen molar-refractivity contribution in [3.63, 3.8) is 0 Å². The van der Waals surface area contributed by atoms with Crippen LogP contribution in [0.5, 0.6) is 5.75 Å². The third-order valence-corrected chi connectivity index (χ3v) is 4.50. The number of hydrogen-bond acceptors (Lipinski definition) is 8. The number of ether oxygens (including phenoxy) is 3. The number of carbonyl (C=O) groups excluding carboxylic acids is 1. The molecule has 1 aliphatic heterocycles. The van der Waals surface area contributed by atoms with Crippen LogP contribution in [0.25, 0.3) is 0 Å². The molecule has 0 amide bonds. The summed E-state index contributed by atoms with van der Waals surface area (Å²) < 4.78 is 17.0. The molecule has 1 aromatic carbocycles. The molecule has 2 atom stereocenters. The first-order chi connectivity index (χ1) is 14.2. The SMILES string of the molecule is CC(C)CO/C(=C/N[C@H]1c2cc([N+](=O)[O-])ccc2OC(C)(C)[C@@H]1O)COCC=C=O. The first kappa shape index (κ1) is 23.4. The summed E-state index contributed by atoms with van der Waals surface area (Å²) in [6.07, 6.45) is 1.80. The molecule has 9 heteroatoms. The Kier molecular flexibility index (Phi) is 8.00. The number of nitrogens with one attached hydrogen (secondary N) is 1. The Hall–Kier alpha value is -2.87. The molecular formula is C21H28N2O7. The summed E-state index contributed by atoms with van der Waals surface area (Å²) in [5, 5.41) is 25.1. The van der Waals surface area contributed by atoms with Gasteiger partial charge in [-0.25, -0.2) is 4.79 Å². The van der Waals surface area contributed by atoms with Gasteiger partial charge in [0.15, 0.2) is 0 Å². The van der Waals surface area contributed by atoms with Crippen molar-refractivity contribution in [1.82, 2.24) is 5.32 Å². The van der Waals surface area contributed by atoms with Gasteiger partial charge in [0.2, 0.25) is 0 Å². The molecule has 0 radical (unpaired) electrons. The van der Waals surface area contributed by atoms with Gasteiger partial charge in [-0.15, -0.1) is 0 Å². The number of aliphatic hydroxyl groups is 1. The van der Waals surface area contributed by atoms with Crippen molar-refractivity contribution in [1.29, 1.82) is 0 Å². The summed E-state index contributed by atoms with van der Waals surface area (Å²) in [6.45, 7) is 8.12. The minimum Gasteiger partial charge on any atom is -0.494 e. The van der Waals surface area contributed by atoms with Crippen LogP contribution in [0, 0.1) is 16.0 Å². The van der Waals surface area contributed by atoms with Crippen molar-refractivity contribution < 1.29 is 29.0 Å². The standard InChI is InChI=1S/C21H28N2O7/c1-14(2)12-29-16(13-28-9-5-8-24)11-22-19-17-10-15(23(26)27)6-7-18(17)30-21(3,4)20(19)25/h5-7,10-11,14,19-20,22,25H,9,12-13H2,1-4H3/b16-11+/t19-,20+/m0/s1. The Morgan fingerprint density at radius 3 is 2.83 bits per heavy atom. The molecule has 1 heterocycles. The largest absolute Gasteiger partial charge is 0.494 e. The molecule has 2 rings (SSSR count). The molecule has 0 fully saturated rings. The van der Waals surface area contributed by atoms with E-state index in [1.807, 2.05) is 13.8 Å². The molecule has 2 N–H and O–H groups in total. The second-order valence-electron chi connectivity index (χ2n) is 7.93. The lowest BCUT2D eigenvalue weighted by Crippen LogP contribution is -2.51. The lowest BCUT2D eigenvalue weighted by Gasteiger charge is -2.42. The minimum atomic E-state index is -0.992. The van der Waals surface area contributed by atoms with Gasteiger partial charge in [-0.2, -0.15) is 0 Å². The van der Waals surface area contributed by atoms with Gasteiger partial charge in [0.05, 0.1) is 24.2 Å². The Labute approximate surface area is 175 Å². The predicted molar refractivity (Wildman–Crippen MR) is 110 cm³/mol. The maximum Gasteiger partial charge on any atom is 0.270 e. The van der Waals surface area contributed by atoms with Gasteiger partial charge < -0.3 is 24.6 Å². The van der Waals surface area contributed by atoms with Gasteiger partial charge in [-0.05, 0) is 25.8 Å². The summed E-state index contributed by atoms with van der Waals surface area (Å²) in [7, 11) is 0. The van der Waals surface area contributed by atoms with Gasteiger partial charge in [0.1, 0.15) is 35.8 Å². The Bertz CT molecular complexity index is 829. The topological polar surface area (TPSA) is 120 Å². The molecule has 1 aromatic rings. The fourth-order valence-corrected chi connectivity index (χ4v) is 2.92. The molecule has 0 aliphatic carbocycles. The average molecular weight is 420 g/mol. The number of hydrogen-bond donors (Lipinski definition) is 2. The summed E-state index contributed by atoms with van der Waals surface area (Å²) in [5.74, 6) is 2.84. The van der Waals surface area contributed by atoms with Crippen LogP contribution >= 0.6 is 0 Å². The van der Waals surface area contributed by atoms with Crippen LogP contribution in [0.2, 0.25) is 0 Å². The first-order valence-electron chi connectivity index (χ1n) is 9.66. The van der Waals surface area contributed by atoms with Gasteiger partial charge in [-0.1, -0.05) is 13.8 Å². The monoisotopic (exact) mass is 420 g/mol. The second-order valence-corrected chi connectivity index (χ2v) is 7.93. The van der Waals surface area contributed by atoms with Crippen LogP contribution in [0.1, 0.15) is 39.3 Å². The predicted octanol–water partition coefficient (Wildman–Crippen LogP) is 2.68. The maximum atomic E-state index is 11.2. The number of rotatable bonds is 10. The first-order valence-corrected chi connectivity index (χ1v) is 9.66. The van der Waals surface area contributed by atoms with Crippen molar-refractivity contribution in [2.45, 2.75) is 45.4 Å². The van der Waals surface area contributed by atoms with E-state index < -0.39 is 22.7 Å². The summed E-state index contributed by atoms with van der Waals surface area (Å²) >= 11 is 0. The van der Waals surface area contributed by atoms with Crippen LogP contribution in [0.3, 0.4) is 0 Å². The number of aliphatic hydroxyl groups excluding tert-OH is 1. The number of nitro groups is 1. The highest BCUT2D eigenvalue weighted by molar-refractivity contribution is 5.48. The zero-order valence-electron chi connectivity index (χ0n) is 17.6. The molecule has 0 saturated carbocycles. The van der Waals surface area contributed by atoms with Gasteiger partial charge >= 0.3 is 0 Å². The number of nitrogens with zero attached hydrogens (tertiary/aromatic N) is 1. The fraction of sp³-hybridized carbons (Fsp3) is 0.524. The number of non-ortho nitro benzene ring substituents is 1. The molecule has 30 heavy (non-hydrogen) atoms. The van der Waals surface area contributed by atoms with Crippen LogP contribution in [0.4, 0.5) is 5.69 Å². The fourth-order valence-electron chi connectivity index (χ4n) is 2.92. The smallest absolute Gasteiger partial charge is 0.270 e. The Morgan fingerprint density at radius 1 is 1.47 bits per heavy atom. The molecule has 1 aliphatic rings. The number of benzene rings is 1. The van der Waals surface area contributed by atoms with E-state index in [0.29, 0.717) is 23.7 Å². The van der Waals surface area contributed by atoms with E-state index in [1.54, 1.807) is 26.0 Å². The molecule has 0 aromatic heterocycles. The molecule has 164 valence electrons. The van der Waals surface area contributed by atoms with E-state index in [9.17, 15) is 20.0 Å². The van der Waals surface area contributed by atoms with Gasteiger partial charge in [0.25, 0.3) is 5.69 Å². The van der Waals surface area contributed by atoms with Crippen molar-refractivity contribution in [3.8, 4) is 5.75 Å². The van der Waals surface area contributed by atoms with Gasteiger partial charge in [-0.3, -0.25) is 10.1 Å². The summed E-state index contributed by atoms with van der Waals surface area (Å²) in [4.78, 5) is 21.0. The van der Waals surface area contributed by atoms with Crippen LogP contribution in [-0.4, -0.2) is 47.5 Å². The van der Waals surface area contributed by atoms with Crippen molar-refractivity contribution in [3.05, 3.63) is 51.9 Å². The summed E-state index contributed by atoms with van der Waals surface area (Å²) in [5.41, 5.74) is -0.542. The van der Waals surface area contributed by atoms with E-state index in [4.69, 9.17) is 14.2 Å². The molecule has 0 saturated heterocycles. The maximum absolute atomic E-state index is 11.2. The second kappa shape index (κ2) is 10.2. The lowest BCUT2D eigenvalue weighted by atomic mass is 9.86. The van der Waals surface area contributed by atoms with Gasteiger partial charge in [0, 0.05) is 30.0 Å². The van der Waals surface area contributed by atoms with Crippen LogP contribution < -0.4 is 10.1 Å².